The van der Waals surface area contributed by atoms with Crippen LogP contribution in [-0.4, -0.2) is 49.1 Å². The summed E-state index contributed by atoms with van der Waals surface area (Å²) in [7, 11) is -1.07. The zero-order valence-corrected chi connectivity index (χ0v) is 16.0. The van der Waals surface area contributed by atoms with Crippen molar-refractivity contribution in [3.05, 3.63) is 36.7 Å². The van der Waals surface area contributed by atoms with Crippen LogP contribution in [0.1, 0.15) is 20.3 Å². The van der Waals surface area contributed by atoms with Crippen molar-refractivity contribution >= 4 is 27.2 Å². The van der Waals surface area contributed by atoms with E-state index in [0.717, 1.165) is 11.4 Å². The Morgan fingerprint density at radius 2 is 2.04 bits per heavy atom. The topological polar surface area (TPSA) is 84.4 Å². The van der Waals surface area contributed by atoms with Gasteiger partial charge in [0.15, 0.2) is 9.84 Å². The van der Waals surface area contributed by atoms with Gasteiger partial charge in [0.25, 0.3) is 0 Å². The first kappa shape index (κ1) is 18.4. The van der Waals surface area contributed by atoms with E-state index in [-0.39, 0.29) is 23.7 Å². The Hall–Kier alpha value is -2.35. The maximum Gasteiger partial charge on any atom is 0.152 e. The van der Waals surface area contributed by atoms with Crippen molar-refractivity contribution < 1.29 is 13.2 Å². The van der Waals surface area contributed by atoms with Gasteiger partial charge in [-0.05, 0) is 32.4 Å². The average Bonchev–Trinajstić information content (AvgIpc) is 2.96. The molecule has 1 saturated heterocycles. The molecule has 140 valence electrons. The molecule has 0 aliphatic carbocycles. The van der Waals surface area contributed by atoms with Gasteiger partial charge in [0.05, 0.1) is 23.3 Å². The monoisotopic (exact) mass is 376 g/mol. The Balaban J connectivity index is 1.78. The average molecular weight is 376 g/mol. The van der Waals surface area contributed by atoms with E-state index >= 15 is 0 Å². The summed E-state index contributed by atoms with van der Waals surface area (Å²) < 4.78 is 29.3. The van der Waals surface area contributed by atoms with Crippen molar-refractivity contribution in [2.45, 2.75) is 32.4 Å². The van der Waals surface area contributed by atoms with Gasteiger partial charge < -0.3 is 15.0 Å². The van der Waals surface area contributed by atoms with Crippen LogP contribution < -0.4 is 15.0 Å². The van der Waals surface area contributed by atoms with Gasteiger partial charge >= 0.3 is 0 Å². The van der Waals surface area contributed by atoms with Crippen LogP contribution in [0.5, 0.6) is 5.75 Å². The number of benzene rings is 1. The molecule has 0 bridgehead atoms. The predicted octanol–water partition coefficient (Wildman–Crippen LogP) is 2.63. The van der Waals surface area contributed by atoms with Gasteiger partial charge in [-0.3, -0.25) is 0 Å². The highest BCUT2D eigenvalue weighted by atomic mass is 32.2. The molecular weight excluding hydrogens is 352 g/mol. The summed E-state index contributed by atoms with van der Waals surface area (Å²) in [4.78, 5) is 10.5. The summed E-state index contributed by atoms with van der Waals surface area (Å²) >= 11 is 0. The molecule has 3 rings (SSSR count). The molecule has 0 amide bonds. The van der Waals surface area contributed by atoms with E-state index in [2.05, 4.69) is 15.3 Å². The van der Waals surface area contributed by atoms with Crippen molar-refractivity contribution in [3.63, 3.8) is 0 Å². The highest BCUT2D eigenvalue weighted by Crippen LogP contribution is 2.29. The summed E-state index contributed by atoms with van der Waals surface area (Å²) in [6, 6.07) is 9.43. The minimum absolute atomic E-state index is 0.0562. The molecule has 0 saturated carbocycles. The number of anilines is 3. The maximum absolute atomic E-state index is 11.7. The fourth-order valence-corrected chi connectivity index (χ4v) is 4.72. The summed E-state index contributed by atoms with van der Waals surface area (Å²) in [6.07, 6.45) is 2.16. The van der Waals surface area contributed by atoms with Crippen molar-refractivity contribution in [1.82, 2.24) is 9.97 Å². The lowest BCUT2D eigenvalue weighted by Gasteiger charge is -2.24. The molecule has 2 heterocycles. The molecule has 2 aromatic rings. The van der Waals surface area contributed by atoms with Crippen LogP contribution in [-0.2, 0) is 9.84 Å². The molecule has 1 aromatic carbocycles. The third-order valence-electron chi connectivity index (χ3n) is 4.28. The Morgan fingerprint density at radius 3 is 2.73 bits per heavy atom. The normalized spacial score (nSPS) is 18.7. The maximum atomic E-state index is 11.7. The van der Waals surface area contributed by atoms with Crippen LogP contribution in [0, 0.1) is 0 Å². The molecule has 1 aliphatic rings. The van der Waals surface area contributed by atoms with Gasteiger partial charge in [0, 0.05) is 19.2 Å². The fourth-order valence-electron chi connectivity index (χ4n) is 2.94. The van der Waals surface area contributed by atoms with E-state index in [4.69, 9.17) is 4.74 Å². The first-order chi connectivity index (χ1) is 12.3. The Labute approximate surface area is 154 Å². The zero-order valence-electron chi connectivity index (χ0n) is 15.2. The molecule has 1 atom stereocenters. The van der Waals surface area contributed by atoms with Crippen molar-refractivity contribution in [1.29, 1.82) is 0 Å². The molecular formula is C18H24N4O3S. The van der Waals surface area contributed by atoms with Gasteiger partial charge in [-0.2, -0.15) is 0 Å². The second-order valence-electron chi connectivity index (χ2n) is 6.72. The predicted molar refractivity (Wildman–Crippen MR) is 103 cm³/mol. The molecule has 1 N–H and O–H groups in total. The lowest BCUT2D eigenvalue weighted by Crippen LogP contribution is -2.33. The molecule has 8 heteroatoms. The number of para-hydroxylation sites is 2. The SMILES string of the molecule is CC(C)Oc1ccccc1Nc1cc(N(C)C2CCS(=O)(=O)C2)ncn1. The standard InChI is InChI=1S/C18H24N4O3S/c1-13(2)25-16-7-5-4-6-15(16)21-17-10-18(20-12-19-17)22(3)14-8-9-26(23,24)11-14/h4-7,10,12-14H,8-9,11H2,1-3H3,(H,19,20,21). The van der Waals surface area contributed by atoms with Crippen LogP contribution in [0.3, 0.4) is 0 Å². The van der Waals surface area contributed by atoms with Crippen LogP contribution in [0.4, 0.5) is 17.3 Å². The van der Waals surface area contributed by atoms with Crippen molar-refractivity contribution in [2.75, 3.05) is 28.8 Å². The zero-order chi connectivity index (χ0) is 18.7. The third kappa shape index (κ3) is 4.43. The number of aromatic nitrogens is 2. The lowest BCUT2D eigenvalue weighted by atomic mass is 10.2. The quantitative estimate of drug-likeness (QED) is 0.829. The highest BCUT2D eigenvalue weighted by Gasteiger charge is 2.31. The van der Waals surface area contributed by atoms with E-state index in [9.17, 15) is 8.42 Å². The number of hydrogen-bond acceptors (Lipinski definition) is 7. The Kier molecular flexibility index (Phi) is 5.31. The Morgan fingerprint density at radius 1 is 1.27 bits per heavy atom. The van der Waals surface area contributed by atoms with Gasteiger partial charge in [-0.25, -0.2) is 18.4 Å². The number of rotatable bonds is 6. The van der Waals surface area contributed by atoms with E-state index in [1.165, 1.54) is 6.33 Å². The van der Waals surface area contributed by atoms with Gasteiger partial charge in [0.1, 0.15) is 23.7 Å². The minimum Gasteiger partial charge on any atom is -0.489 e. The number of nitrogens with one attached hydrogen (secondary N) is 1. The summed E-state index contributed by atoms with van der Waals surface area (Å²) in [5.74, 6) is 2.46. The smallest absolute Gasteiger partial charge is 0.152 e. The molecule has 0 radical (unpaired) electrons. The summed E-state index contributed by atoms with van der Waals surface area (Å²) in [5, 5.41) is 3.26. The van der Waals surface area contributed by atoms with E-state index < -0.39 is 9.84 Å². The van der Waals surface area contributed by atoms with E-state index in [0.29, 0.717) is 18.1 Å². The van der Waals surface area contributed by atoms with Gasteiger partial charge in [-0.1, -0.05) is 12.1 Å². The first-order valence-corrected chi connectivity index (χ1v) is 10.4. The van der Waals surface area contributed by atoms with Crippen molar-refractivity contribution in [2.24, 2.45) is 0 Å². The van der Waals surface area contributed by atoms with Crippen LogP contribution >= 0.6 is 0 Å². The molecule has 1 aliphatic heterocycles. The van der Waals surface area contributed by atoms with Crippen LogP contribution in [0.15, 0.2) is 36.7 Å². The fraction of sp³-hybridized carbons (Fsp3) is 0.444. The van der Waals surface area contributed by atoms with Crippen LogP contribution in [0.25, 0.3) is 0 Å². The van der Waals surface area contributed by atoms with Gasteiger partial charge in [0.2, 0.25) is 0 Å². The molecule has 26 heavy (non-hydrogen) atoms. The van der Waals surface area contributed by atoms with Crippen LogP contribution in [0.2, 0.25) is 0 Å². The number of sulfone groups is 1. The third-order valence-corrected chi connectivity index (χ3v) is 6.03. The van der Waals surface area contributed by atoms with Gasteiger partial charge in [-0.15, -0.1) is 0 Å². The van der Waals surface area contributed by atoms with E-state index in [1.807, 2.05) is 56.1 Å². The largest absolute Gasteiger partial charge is 0.489 e. The molecule has 0 spiro atoms. The highest BCUT2D eigenvalue weighted by molar-refractivity contribution is 7.91. The van der Waals surface area contributed by atoms with E-state index in [1.54, 1.807) is 0 Å². The molecule has 7 nitrogen and oxygen atoms in total. The lowest BCUT2D eigenvalue weighted by molar-refractivity contribution is 0.244. The number of ether oxygens (including phenoxy) is 1. The van der Waals surface area contributed by atoms with Crippen molar-refractivity contribution in [3.8, 4) is 5.75 Å². The number of nitrogens with zero attached hydrogens (tertiary/aromatic N) is 3. The summed E-state index contributed by atoms with van der Waals surface area (Å²) in [5.41, 5.74) is 0.817. The molecule has 1 unspecified atom stereocenters. The minimum atomic E-state index is -2.94. The first-order valence-electron chi connectivity index (χ1n) is 8.62. The second-order valence-corrected chi connectivity index (χ2v) is 8.95. The summed E-state index contributed by atoms with van der Waals surface area (Å²) in [6.45, 7) is 3.95. The Bertz CT molecular complexity index is 870. The molecule has 1 fully saturated rings. The molecule has 1 aromatic heterocycles. The number of hydrogen-bond donors (Lipinski definition) is 1. The second kappa shape index (κ2) is 7.49.